The molecule has 1 aliphatic rings. The van der Waals surface area contributed by atoms with Crippen LogP contribution in [0.1, 0.15) is 108 Å². The van der Waals surface area contributed by atoms with Gasteiger partial charge in [-0.2, -0.15) is 0 Å². The maximum Gasteiger partial charge on any atom is 0.162 e. The van der Waals surface area contributed by atoms with Gasteiger partial charge in [0.1, 0.15) is 0 Å². The molecule has 0 atom stereocenters. The molecule has 1 aromatic carbocycles. The summed E-state index contributed by atoms with van der Waals surface area (Å²) in [6.45, 7) is 4.25. The van der Waals surface area contributed by atoms with Crippen molar-refractivity contribution in [2.24, 2.45) is 5.92 Å². The minimum Gasteiger partial charge on any atom is -0.203 e. The monoisotopic (exact) mass is 350 g/mol. The second-order valence-corrected chi connectivity index (χ2v) is 7.97. The molecule has 0 N–H and O–H groups in total. The van der Waals surface area contributed by atoms with Crippen molar-refractivity contribution in [2.75, 3.05) is 0 Å². The summed E-state index contributed by atoms with van der Waals surface area (Å²) in [6.07, 6.45) is 15.3. The zero-order valence-corrected chi connectivity index (χ0v) is 16.3. The first-order valence-electron chi connectivity index (χ1n) is 10.6. The van der Waals surface area contributed by atoms with Crippen molar-refractivity contribution < 1.29 is 8.78 Å². The zero-order chi connectivity index (χ0) is 18.1. The standard InChI is InChI=1S/C23H36F2/c1-3-5-6-7-8-9-11-18-12-14-19(15-13-18)21-17-16-20(10-4-2)22(24)23(21)25/h16-19H,3-15H2,1-2H3. The van der Waals surface area contributed by atoms with Crippen molar-refractivity contribution in [3.63, 3.8) is 0 Å². The van der Waals surface area contributed by atoms with E-state index in [1.54, 1.807) is 6.07 Å². The van der Waals surface area contributed by atoms with Gasteiger partial charge in [-0.05, 0) is 55.1 Å². The van der Waals surface area contributed by atoms with Crippen LogP contribution in [0.5, 0.6) is 0 Å². The lowest BCUT2D eigenvalue weighted by Crippen LogP contribution is -2.15. The average molecular weight is 351 g/mol. The predicted molar refractivity (Wildman–Crippen MR) is 103 cm³/mol. The fourth-order valence-corrected chi connectivity index (χ4v) is 4.36. The topological polar surface area (TPSA) is 0 Å². The number of hydrogen-bond donors (Lipinski definition) is 0. The molecule has 0 spiro atoms. The molecule has 0 aliphatic heterocycles. The largest absolute Gasteiger partial charge is 0.203 e. The van der Waals surface area contributed by atoms with Crippen molar-refractivity contribution in [3.05, 3.63) is 34.9 Å². The maximum absolute atomic E-state index is 14.4. The maximum atomic E-state index is 14.4. The van der Waals surface area contributed by atoms with Crippen LogP contribution in [-0.2, 0) is 6.42 Å². The van der Waals surface area contributed by atoms with Gasteiger partial charge >= 0.3 is 0 Å². The first kappa shape index (κ1) is 20.4. The smallest absolute Gasteiger partial charge is 0.162 e. The number of aryl methyl sites for hydroxylation is 1. The van der Waals surface area contributed by atoms with Crippen molar-refractivity contribution >= 4 is 0 Å². The van der Waals surface area contributed by atoms with Gasteiger partial charge in [-0.1, -0.05) is 77.3 Å². The SMILES string of the molecule is CCCCCCCCC1CCC(c2ccc(CCC)c(F)c2F)CC1. The number of unbranched alkanes of at least 4 members (excludes halogenated alkanes) is 5. The molecule has 0 nitrogen and oxygen atoms in total. The first-order chi connectivity index (χ1) is 12.2. The molecule has 1 saturated carbocycles. The molecule has 0 radical (unpaired) electrons. The molecule has 2 rings (SSSR count). The van der Waals surface area contributed by atoms with Crippen LogP contribution >= 0.6 is 0 Å². The van der Waals surface area contributed by atoms with Crippen molar-refractivity contribution in [1.82, 2.24) is 0 Å². The van der Waals surface area contributed by atoms with Gasteiger partial charge in [0.15, 0.2) is 11.6 Å². The molecule has 25 heavy (non-hydrogen) atoms. The molecular formula is C23H36F2. The predicted octanol–water partition coefficient (Wildman–Crippen LogP) is 7.94. The van der Waals surface area contributed by atoms with Crippen molar-refractivity contribution in [2.45, 2.75) is 103 Å². The lowest BCUT2D eigenvalue weighted by atomic mass is 9.76. The minimum absolute atomic E-state index is 0.214. The van der Waals surface area contributed by atoms with E-state index in [1.165, 1.54) is 57.8 Å². The van der Waals surface area contributed by atoms with E-state index in [2.05, 4.69) is 6.92 Å². The van der Waals surface area contributed by atoms with Crippen LogP contribution in [0.3, 0.4) is 0 Å². The Balaban J connectivity index is 1.77. The normalized spacial score (nSPS) is 20.8. The van der Waals surface area contributed by atoms with Gasteiger partial charge in [-0.3, -0.25) is 0 Å². The van der Waals surface area contributed by atoms with E-state index in [-0.39, 0.29) is 5.92 Å². The van der Waals surface area contributed by atoms with E-state index in [9.17, 15) is 8.78 Å². The molecule has 0 amide bonds. The summed E-state index contributed by atoms with van der Waals surface area (Å²) in [4.78, 5) is 0. The van der Waals surface area contributed by atoms with Crippen LogP contribution in [0.4, 0.5) is 8.78 Å². The van der Waals surface area contributed by atoms with E-state index in [4.69, 9.17) is 0 Å². The fourth-order valence-electron chi connectivity index (χ4n) is 4.36. The molecule has 0 saturated heterocycles. The third-order valence-electron chi connectivity index (χ3n) is 5.96. The van der Waals surface area contributed by atoms with Crippen molar-refractivity contribution in [1.29, 1.82) is 0 Å². The molecule has 0 bridgehead atoms. The van der Waals surface area contributed by atoms with Crippen LogP contribution in [0.25, 0.3) is 0 Å². The Morgan fingerprint density at radius 2 is 1.48 bits per heavy atom. The lowest BCUT2D eigenvalue weighted by molar-refractivity contribution is 0.296. The van der Waals surface area contributed by atoms with Gasteiger partial charge in [-0.25, -0.2) is 8.78 Å². The Morgan fingerprint density at radius 1 is 0.800 bits per heavy atom. The summed E-state index contributed by atoms with van der Waals surface area (Å²) < 4.78 is 28.6. The molecule has 1 aromatic rings. The minimum atomic E-state index is -0.603. The zero-order valence-electron chi connectivity index (χ0n) is 16.3. The summed E-state index contributed by atoms with van der Waals surface area (Å²) in [5, 5.41) is 0. The Hall–Kier alpha value is -0.920. The summed E-state index contributed by atoms with van der Waals surface area (Å²) in [6, 6.07) is 3.65. The van der Waals surface area contributed by atoms with Gasteiger partial charge in [0.2, 0.25) is 0 Å². The first-order valence-corrected chi connectivity index (χ1v) is 10.6. The van der Waals surface area contributed by atoms with E-state index in [1.807, 2.05) is 13.0 Å². The number of benzene rings is 1. The van der Waals surface area contributed by atoms with Crippen LogP contribution in [0.15, 0.2) is 12.1 Å². The molecule has 2 heteroatoms. The van der Waals surface area contributed by atoms with Gasteiger partial charge in [0.25, 0.3) is 0 Å². The molecule has 1 fully saturated rings. The highest BCUT2D eigenvalue weighted by Crippen LogP contribution is 2.39. The third kappa shape index (κ3) is 6.08. The molecule has 142 valence electrons. The molecular weight excluding hydrogens is 314 g/mol. The third-order valence-corrected chi connectivity index (χ3v) is 5.96. The second kappa shape index (κ2) is 10.9. The summed E-state index contributed by atoms with van der Waals surface area (Å²) in [7, 11) is 0. The fraction of sp³-hybridized carbons (Fsp3) is 0.739. The Kier molecular flexibility index (Phi) is 8.92. The molecule has 0 aromatic heterocycles. The van der Waals surface area contributed by atoms with Gasteiger partial charge in [0, 0.05) is 0 Å². The average Bonchev–Trinajstić information content (AvgIpc) is 2.63. The molecule has 1 aliphatic carbocycles. The van der Waals surface area contributed by atoms with Gasteiger partial charge in [-0.15, -0.1) is 0 Å². The van der Waals surface area contributed by atoms with E-state index >= 15 is 0 Å². The second-order valence-electron chi connectivity index (χ2n) is 7.97. The Morgan fingerprint density at radius 3 is 2.16 bits per heavy atom. The molecule has 0 heterocycles. The van der Waals surface area contributed by atoms with E-state index < -0.39 is 11.6 Å². The summed E-state index contributed by atoms with van der Waals surface area (Å²) in [5.41, 5.74) is 1.15. The Bertz CT molecular complexity index is 501. The van der Waals surface area contributed by atoms with Crippen molar-refractivity contribution in [3.8, 4) is 0 Å². The number of hydrogen-bond acceptors (Lipinski definition) is 0. The van der Waals surface area contributed by atoms with Crippen LogP contribution < -0.4 is 0 Å². The number of rotatable bonds is 10. The highest BCUT2D eigenvalue weighted by molar-refractivity contribution is 5.29. The highest BCUT2D eigenvalue weighted by Gasteiger charge is 2.26. The van der Waals surface area contributed by atoms with Crippen LogP contribution in [0.2, 0.25) is 0 Å². The number of halogens is 2. The van der Waals surface area contributed by atoms with Crippen LogP contribution in [-0.4, -0.2) is 0 Å². The highest BCUT2D eigenvalue weighted by atomic mass is 19.2. The lowest BCUT2D eigenvalue weighted by Gasteiger charge is -2.29. The van der Waals surface area contributed by atoms with E-state index in [0.29, 0.717) is 17.5 Å². The quantitative estimate of drug-likeness (QED) is 0.376. The van der Waals surface area contributed by atoms with Gasteiger partial charge < -0.3 is 0 Å². The van der Waals surface area contributed by atoms with Crippen LogP contribution in [0, 0.1) is 17.6 Å². The molecule has 0 unspecified atom stereocenters. The van der Waals surface area contributed by atoms with E-state index in [0.717, 1.165) is 25.2 Å². The summed E-state index contributed by atoms with van der Waals surface area (Å²) >= 11 is 0. The Labute approximate surface area is 153 Å². The van der Waals surface area contributed by atoms with Gasteiger partial charge in [0.05, 0.1) is 0 Å². The summed E-state index contributed by atoms with van der Waals surface area (Å²) in [5.74, 6) is -0.167.